The Balaban J connectivity index is 1.34. The Labute approximate surface area is 202 Å². The first kappa shape index (κ1) is 22.6. The van der Waals surface area contributed by atoms with Crippen LogP contribution in [0.5, 0.6) is 0 Å². The van der Waals surface area contributed by atoms with Crippen LogP contribution in [0.1, 0.15) is 35.7 Å². The maximum atomic E-state index is 13.5. The van der Waals surface area contributed by atoms with Crippen molar-refractivity contribution in [1.82, 2.24) is 4.31 Å². The summed E-state index contributed by atoms with van der Waals surface area (Å²) in [7, 11) is -3.71. The summed E-state index contributed by atoms with van der Waals surface area (Å²) in [5.74, 6) is 0.232. The van der Waals surface area contributed by atoms with Crippen LogP contribution in [0.4, 0.5) is 11.4 Å². The lowest BCUT2D eigenvalue weighted by atomic mass is 10.1. The molecule has 0 radical (unpaired) electrons. The van der Waals surface area contributed by atoms with Crippen LogP contribution in [0.15, 0.2) is 45.8 Å². The molecule has 7 nitrogen and oxygen atoms in total. The first-order chi connectivity index (χ1) is 15.8. The highest BCUT2D eigenvalue weighted by molar-refractivity contribution is 9.10. The van der Waals surface area contributed by atoms with Gasteiger partial charge in [-0.15, -0.1) is 0 Å². The van der Waals surface area contributed by atoms with Crippen molar-refractivity contribution >= 4 is 49.0 Å². The Morgan fingerprint density at radius 2 is 1.64 bits per heavy atom. The second-order valence-electron chi connectivity index (χ2n) is 8.92. The van der Waals surface area contributed by atoms with Gasteiger partial charge < -0.3 is 9.80 Å². The highest BCUT2D eigenvalue weighted by Gasteiger charge is 2.38. The number of fused-ring (bicyclic) bond motifs is 1. The fraction of sp³-hybridized carbons (Fsp3) is 0.417. The molecule has 0 spiro atoms. The van der Waals surface area contributed by atoms with Crippen molar-refractivity contribution in [3.05, 3.63) is 52.0 Å². The molecule has 0 aromatic heterocycles. The number of benzene rings is 2. The van der Waals surface area contributed by atoms with E-state index in [4.69, 9.17) is 0 Å². The molecule has 2 aliphatic heterocycles. The van der Waals surface area contributed by atoms with Crippen LogP contribution in [0.25, 0.3) is 0 Å². The van der Waals surface area contributed by atoms with Crippen molar-refractivity contribution in [3.8, 4) is 0 Å². The van der Waals surface area contributed by atoms with Crippen LogP contribution in [0.3, 0.4) is 0 Å². The fourth-order valence-electron chi connectivity index (χ4n) is 4.60. The quantitative estimate of drug-likeness (QED) is 0.552. The summed E-state index contributed by atoms with van der Waals surface area (Å²) in [6.07, 6.45) is 2.59. The van der Waals surface area contributed by atoms with Gasteiger partial charge >= 0.3 is 0 Å². The van der Waals surface area contributed by atoms with Crippen molar-refractivity contribution < 1.29 is 18.0 Å². The standard InChI is InChI=1S/C24H26BrN3O4S/c1-16(29)17-4-6-20(7-5-17)26-10-12-27(13-11-26)33(31,32)23-15-22-19(14-21(23)25)8-9-28(22)24(30)18-2-3-18/h4-7,14-15,18H,2-3,8-13H2,1H3. The predicted molar refractivity (Wildman–Crippen MR) is 130 cm³/mol. The number of carbonyl (C=O) groups excluding carboxylic acids is 2. The van der Waals surface area contributed by atoms with Gasteiger partial charge in [-0.25, -0.2) is 8.42 Å². The average molecular weight is 532 g/mol. The third-order valence-electron chi connectivity index (χ3n) is 6.72. The molecule has 1 saturated carbocycles. The molecule has 1 aliphatic carbocycles. The molecule has 33 heavy (non-hydrogen) atoms. The molecular weight excluding hydrogens is 506 g/mol. The number of carbonyl (C=O) groups is 2. The number of piperazine rings is 1. The lowest BCUT2D eigenvalue weighted by Gasteiger charge is -2.35. The predicted octanol–water partition coefficient (Wildman–Crippen LogP) is 3.46. The highest BCUT2D eigenvalue weighted by Crippen LogP contribution is 2.40. The lowest BCUT2D eigenvalue weighted by Crippen LogP contribution is -2.48. The first-order valence-corrected chi connectivity index (χ1v) is 13.5. The largest absolute Gasteiger partial charge is 0.369 e. The van der Waals surface area contributed by atoms with Crippen LogP contribution < -0.4 is 9.80 Å². The van der Waals surface area contributed by atoms with Crippen molar-refractivity contribution in [2.24, 2.45) is 5.92 Å². The number of hydrogen-bond donors (Lipinski definition) is 0. The monoisotopic (exact) mass is 531 g/mol. The zero-order chi connectivity index (χ0) is 23.3. The summed E-state index contributed by atoms with van der Waals surface area (Å²) in [5, 5.41) is 0. The van der Waals surface area contributed by atoms with E-state index in [-0.39, 0.29) is 22.5 Å². The Bertz CT molecular complexity index is 1220. The minimum Gasteiger partial charge on any atom is -0.369 e. The molecule has 1 amide bonds. The molecule has 2 fully saturated rings. The number of ketones is 1. The normalized spacial score (nSPS) is 19.0. The smallest absolute Gasteiger partial charge is 0.244 e. The van der Waals surface area contributed by atoms with Gasteiger partial charge in [-0.05, 0) is 84.1 Å². The van der Waals surface area contributed by atoms with Crippen LogP contribution in [-0.2, 0) is 21.2 Å². The van der Waals surface area contributed by atoms with E-state index < -0.39 is 10.0 Å². The molecule has 0 N–H and O–H groups in total. The molecule has 174 valence electrons. The molecule has 5 rings (SSSR count). The van der Waals surface area contributed by atoms with E-state index in [1.54, 1.807) is 23.1 Å². The molecule has 2 aromatic rings. The number of hydrogen-bond acceptors (Lipinski definition) is 5. The van der Waals surface area contributed by atoms with Gasteiger partial charge in [-0.3, -0.25) is 9.59 Å². The minimum atomic E-state index is -3.71. The number of halogens is 1. The van der Waals surface area contributed by atoms with Gasteiger partial charge in [0, 0.05) is 60.1 Å². The molecular formula is C24H26BrN3O4S. The molecule has 0 bridgehead atoms. The Kier molecular flexibility index (Phi) is 5.83. The maximum Gasteiger partial charge on any atom is 0.244 e. The Hall–Kier alpha value is -2.23. The minimum absolute atomic E-state index is 0.0229. The summed E-state index contributed by atoms with van der Waals surface area (Å²) in [4.78, 5) is 28.3. The number of Topliss-reactive ketones (excluding diaryl/α,β-unsaturated/α-hetero) is 1. The van der Waals surface area contributed by atoms with Gasteiger partial charge in [0.1, 0.15) is 0 Å². The second-order valence-corrected chi connectivity index (χ2v) is 11.7. The van der Waals surface area contributed by atoms with Gasteiger partial charge in [0.2, 0.25) is 15.9 Å². The topological polar surface area (TPSA) is 78.0 Å². The Morgan fingerprint density at radius 3 is 2.24 bits per heavy atom. The SMILES string of the molecule is CC(=O)c1ccc(N2CCN(S(=O)(=O)c3cc4c(cc3Br)CCN4C(=O)C3CC3)CC2)cc1. The van der Waals surface area contributed by atoms with E-state index in [0.29, 0.717) is 42.8 Å². The van der Waals surface area contributed by atoms with E-state index in [9.17, 15) is 18.0 Å². The number of sulfonamides is 1. The average Bonchev–Trinajstić information content (AvgIpc) is 3.58. The van der Waals surface area contributed by atoms with Gasteiger partial charge in [0.05, 0.1) is 4.90 Å². The maximum absolute atomic E-state index is 13.5. The zero-order valence-corrected chi connectivity index (χ0v) is 20.9. The summed E-state index contributed by atoms with van der Waals surface area (Å²) in [6.45, 7) is 4.01. The zero-order valence-electron chi connectivity index (χ0n) is 18.5. The highest BCUT2D eigenvalue weighted by atomic mass is 79.9. The first-order valence-electron chi connectivity index (χ1n) is 11.3. The van der Waals surface area contributed by atoms with Gasteiger partial charge in [-0.2, -0.15) is 4.31 Å². The van der Waals surface area contributed by atoms with E-state index in [1.165, 1.54) is 11.2 Å². The number of amides is 1. The molecule has 2 heterocycles. The lowest BCUT2D eigenvalue weighted by molar-refractivity contribution is -0.119. The van der Waals surface area contributed by atoms with E-state index in [1.807, 2.05) is 18.2 Å². The summed E-state index contributed by atoms with van der Waals surface area (Å²) in [6, 6.07) is 10.9. The number of nitrogens with zero attached hydrogens (tertiary/aromatic N) is 3. The van der Waals surface area contributed by atoms with Crippen molar-refractivity contribution in [2.75, 3.05) is 42.5 Å². The molecule has 9 heteroatoms. The number of rotatable bonds is 5. The van der Waals surface area contributed by atoms with Crippen LogP contribution in [0.2, 0.25) is 0 Å². The van der Waals surface area contributed by atoms with Crippen LogP contribution >= 0.6 is 15.9 Å². The summed E-state index contributed by atoms with van der Waals surface area (Å²) >= 11 is 3.47. The second kappa shape index (κ2) is 8.52. The van der Waals surface area contributed by atoms with Crippen LogP contribution in [0, 0.1) is 5.92 Å². The third-order valence-corrected chi connectivity index (χ3v) is 9.57. The fourth-order valence-corrected chi connectivity index (χ4v) is 7.09. The molecule has 3 aliphatic rings. The van der Waals surface area contributed by atoms with E-state index in [0.717, 1.165) is 36.2 Å². The van der Waals surface area contributed by atoms with Gasteiger partial charge in [0.25, 0.3) is 0 Å². The molecule has 0 unspecified atom stereocenters. The van der Waals surface area contributed by atoms with Crippen molar-refractivity contribution in [3.63, 3.8) is 0 Å². The third kappa shape index (κ3) is 4.22. The van der Waals surface area contributed by atoms with Crippen molar-refractivity contribution in [2.45, 2.75) is 31.1 Å². The Morgan fingerprint density at radius 1 is 0.970 bits per heavy atom. The van der Waals surface area contributed by atoms with Crippen LogP contribution in [-0.4, -0.2) is 57.1 Å². The summed E-state index contributed by atoms with van der Waals surface area (Å²) < 4.78 is 29.1. The van der Waals surface area contributed by atoms with Gasteiger partial charge in [-0.1, -0.05) is 0 Å². The van der Waals surface area contributed by atoms with Gasteiger partial charge in [0.15, 0.2) is 5.78 Å². The molecule has 2 aromatic carbocycles. The van der Waals surface area contributed by atoms with E-state index in [2.05, 4.69) is 20.8 Å². The van der Waals surface area contributed by atoms with Crippen molar-refractivity contribution in [1.29, 1.82) is 0 Å². The van der Waals surface area contributed by atoms with E-state index >= 15 is 0 Å². The molecule has 1 saturated heterocycles. The number of anilines is 2. The summed E-state index contributed by atoms with van der Waals surface area (Å²) in [5.41, 5.74) is 3.38. The molecule has 0 atom stereocenters.